The molecule has 0 aliphatic heterocycles. The Kier molecular flexibility index (Phi) is 3.50. The normalized spacial score (nSPS) is 16.7. The first-order valence-electron chi connectivity index (χ1n) is 5.25. The standard InChI is InChI=1S/C11H18N2O2/c1-7(2)13(10(6-12)8(3)14)11(15)9-4-5-9/h6-7,9H,4-5,12H2,1-3H3. The minimum atomic E-state index is -0.166. The van der Waals surface area contributed by atoms with Crippen LogP contribution in [0.15, 0.2) is 11.9 Å². The minimum absolute atomic E-state index is 0.0249. The fraction of sp³-hybridized carbons (Fsp3) is 0.636. The van der Waals surface area contributed by atoms with E-state index < -0.39 is 0 Å². The summed E-state index contributed by atoms with van der Waals surface area (Å²) in [5.41, 5.74) is 5.70. The SMILES string of the molecule is CC(=O)C(=CN)N(C(=O)C1CC1)C(C)C. The number of carbonyl (C=O) groups excluding carboxylic acids is 2. The topological polar surface area (TPSA) is 63.4 Å². The van der Waals surface area contributed by atoms with Crippen molar-refractivity contribution < 1.29 is 9.59 Å². The van der Waals surface area contributed by atoms with Gasteiger partial charge in [-0.05, 0) is 26.7 Å². The molecule has 0 radical (unpaired) electrons. The minimum Gasteiger partial charge on any atom is -0.403 e. The Morgan fingerprint density at radius 3 is 2.20 bits per heavy atom. The van der Waals surface area contributed by atoms with Crippen LogP contribution in [-0.4, -0.2) is 22.6 Å². The molecule has 0 unspecified atom stereocenters. The van der Waals surface area contributed by atoms with Gasteiger partial charge in [-0.2, -0.15) is 0 Å². The van der Waals surface area contributed by atoms with E-state index in [2.05, 4.69) is 0 Å². The molecule has 2 N–H and O–H groups in total. The molecule has 0 saturated heterocycles. The number of amides is 1. The lowest BCUT2D eigenvalue weighted by Gasteiger charge is -2.27. The van der Waals surface area contributed by atoms with Crippen LogP contribution in [0.25, 0.3) is 0 Å². The fourth-order valence-electron chi connectivity index (χ4n) is 1.55. The maximum Gasteiger partial charge on any atom is 0.230 e. The van der Waals surface area contributed by atoms with Crippen molar-refractivity contribution in [1.82, 2.24) is 4.90 Å². The second-order valence-corrected chi connectivity index (χ2v) is 4.18. The monoisotopic (exact) mass is 210 g/mol. The third kappa shape index (κ3) is 2.58. The Morgan fingerprint density at radius 2 is 1.93 bits per heavy atom. The van der Waals surface area contributed by atoms with Crippen LogP contribution >= 0.6 is 0 Å². The van der Waals surface area contributed by atoms with E-state index in [1.54, 1.807) is 0 Å². The third-order valence-electron chi connectivity index (χ3n) is 2.46. The number of rotatable bonds is 4. The first kappa shape index (κ1) is 11.8. The Balaban J connectivity index is 2.90. The van der Waals surface area contributed by atoms with Crippen molar-refractivity contribution in [1.29, 1.82) is 0 Å². The Hall–Kier alpha value is -1.32. The van der Waals surface area contributed by atoms with Crippen LogP contribution in [0, 0.1) is 5.92 Å². The van der Waals surface area contributed by atoms with Crippen LogP contribution in [0.5, 0.6) is 0 Å². The fourth-order valence-corrected chi connectivity index (χ4v) is 1.55. The second-order valence-electron chi connectivity index (χ2n) is 4.18. The highest BCUT2D eigenvalue weighted by molar-refractivity contribution is 5.98. The van der Waals surface area contributed by atoms with E-state index in [1.165, 1.54) is 18.0 Å². The predicted octanol–water partition coefficient (Wildman–Crippen LogP) is 1.02. The molecule has 0 aromatic carbocycles. The van der Waals surface area contributed by atoms with Gasteiger partial charge in [-0.1, -0.05) is 0 Å². The van der Waals surface area contributed by atoms with Crippen molar-refractivity contribution >= 4 is 11.7 Å². The molecule has 0 atom stereocenters. The zero-order valence-electron chi connectivity index (χ0n) is 9.49. The first-order chi connectivity index (χ1) is 6.99. The highest BCUT2D eigenvalue weighted by atomic mass is 16.2. The number of nitrogens with zero attached hydrogens (tertiary/aromatic N) is 1. The van der Waals surface area contributed by atoms with Crippen LogP contribution in [0.4, 0.5) is 0 Å². The number of allylic oxidation sites excluding steroid dienone is 1. The molecule has 1 aliphatic rings. The van der Waals surface area contributed by atoms with Gasteiger partial charge in [-0.25, -0.2) is 0 Å². The molecule has 1 amide bonds. The van der Waals surface area contributed by atoms with Crippen LogP contribution in [0.2, 0.25) is 0 Å². The summed E-state index contributed by atoms with van der Waals surface area (Å²) < 4.78 is 0. The number of ketones is 1. The Bertz CT molecular complexity index is 304. The van der Waals surface area contributed by atoms with E-state index in [1.807, 2.05) is 13.8 Å². The van der Waals surface area contributed by atoms with Gasteiger partial charge in [0.15, 0.2) is 5.78 Å². The van der Waals surface area contributed by atoms with E-state index in [0.29, 0.717) is 5.70 Å². The third-order valence-corrected chi connectivity index (χ3v) is 2.46. The van der Waals surface area contributed by atoms with Gasteiger partial charge in [0.05, 0.1) is 0 Å². The van der Waals surface area contributed by atoms with Gasteiger partial charge in [-0.3, -0.25) is 9.59 Å². The maximum atomic E-state index is 11.9. The Labute approximate surface area is 90.1 Å². The summed E-state index contributed by atoms with van der Waals surface area (Å²) in [6.45, 7) is 5.19. The van der Waals surface area contributed by atoms with Gasteiger partial charge in [0.2, 0.25) is 5.91 Å². The lowest BCUT2D eigenvalue weighted by molar-refractivity contribution is -0.134. The van der Waals surface area contributed by atoms with Crippen molar-refractivity contribution in [3.63, 3.8) is 0 Å². The summed E-state index contributed by atoms with van der Waals surface area (Å²) >= 11 is 0. The molecule has 1 rings (SSSR count). The van der Waals surface area contributed by atoms with E-state index in [0.717, 1.165) is 12.8 Å². The predicted molar refractivity (Wildman–Crippen MR) is 57.7 cm³/mol. The number of hydrogen-bond acceptors (Lipinski definition) is 3. The smallest absolute Gasteiger partial charge is 0.230 e. The quantitative estimate of drug-likeness (QED) is 0.705. The van der Waals surface area contributed by atoms with Gasteiger partial charge in [0.1, 0.15) is 5.70 Å². The highest BCUT2D eigenvalue weighted by Crippen LogP contribution is 2.32. The average molecular weight is 210 g/mol. The summed E-state index contributed by atoms with van der Waals surface area (Å²) in [5.74, 6) is -0.0428. The molecule has 1 fully saturated rings. The average Bonchev–Trinajstić information content (AvgIpc) is 2.94. The number of nitrogens with two attached hydrogens (primary N) is 1. The molecule has 0 aromatic rings. The lowest BCUT2D eigenvalue weighted by atomic mass is 10.2. The van der Waals surface area contributed by atoms with Crippen LogP contribution < -0.4 is 5.73 Å². The molecule has 1 aliphatic carbocycles. The molecular formula is C11H18N2O2. The summed E-state index contributed by atoms with van der Waals surface area (Å²) in [4.78, 5) is 24.8. The molecule has 0 heterocycles. The van der Waals surface area contributed by atoms with E-state index >= 15 is 0 Å². The molecular weight excluding hydrogens is 192 g/mol. The lowest BCUT2D eigenvalue weighted by Crippen LogP contribution is -2.39. The van der Waals surface area contributed by atoms with E-state index in [-0.39, 0.29) is 23.7 Å². The summed E-state index contributed by atoms with van der Waals surface area (Å²) in [7, 11) is 0. The first-order valence-corrected chi connectivity index (χ1v) is 5.25. The maximum absolute atomic E-state index is 11.9. The van der Waals surface area contributed by atoms with Crippen LogP contribution in [0.1, 0.15) is 33.6 Å². The van der Waals surface area contributed by atoms with Crippen LogP contribution in [-0.2, 0) is 9.59 Å². The molecule has 0 bridgehead atoms. The van der Waals surface area contributed by atoms with E-state index in [9.17, 15) is 9.59 Å². The van der Waals surface area contributed by atoms with Gasteiger partial charge in [-0.15, -0.1) is 0 Å². The molecule has 4 heteroatoms. The molecule has 15 heavy (non-hydrogen) atoms. The number of hydrogen-bond donors (Lipinski definition) is 1. The largest absolute Gasteiger partial charge is 0.403 e. The van der Waals surface area contributed by atoms with Gasteiger partial charge >= 0.3 is 0 Å². The van der Waals surface area contributed by atoms with Crippen molar-refractivity contribution in [2.75, 3.05) is 0 Å². The Morgan fingerprint density at radius 1 is 1.40 bits per heavy atom. The van der Waals surface area contributed by atoms with Crippen molar-refractivity contribution in [2.24, 2.45) is 11.7 Å². The van der Waals surface area contributed by atoms with E-state index in [4.69, 9.17) is 5.73 Å². The van der Waals surface area contributed by atoms with Crippen molar-refractivity contribution in [2.45, 2.75) is 39.7 Å². The molecule has 1 saturated carbocycles. The molecule has 4 nitrogen and oxygen atoms in total. The number of carbonyl (C=O) groups is 2. The highest BCUT2D eigenvalue weighted by Gasteiger charge is 2.36. The van der Waals surface area contributed by atoms with Gasteiger partial charge in [0.25, 0.3) is 0 Å². The van der Waals surface area contributed by atoms with Crippen molar-refractivity contribution in [3.8, 4) is 0 Å². The van der Waals surface area contributed by atoms with Crippen LogP contribution in [0.3, 0.4) is 0 Å². The molecule has 0 aromatic heterocycles. The summed E-state index contributed by atoms with van der Waals surface area (Å²) in [5, 5.41) is 0. The second kappa shape index (κ2) is 4.47. The van der Waals surface area contributed by atoms with Gasteiger partial charge < -0.3 is 10.6 Å². The van der Waals surface area contributed by atoms with Crippen molar-refractivity contribution in [3.05, 3.63) is 11.9 Å². The number of Topliss-reactive ketones (excluding diaryl/α,β-unsaturated/α-hetero) is 1. The molecule has 0 spiro atoms. The molecule has 84 valence electrons. The zero-order valence-corrected chi connectivity index (χ0v) is 9.49. The van der Waals surface area contributed by atoms with Gasteiger partial charge in [0, 0.05) is 25.1 Å². The zero-order chi connectivity index (χ0) is 11.6. The summed E-state index contributed by atoms with van der Waals surface area (Å²) in [6.07, 6.45) is 3.08. The summed E-state index contributed by atoms with van der Waals surface area (Å²) in [6, 6.07) is -0.0307.